The van der Waals surface area contributed by atoms with Gasteiger partial charge in [0.25, 0.3) is 5.56 Å². The number of ether oxygens (including phenoxy) is 1. The van der Waals surface area contributed by atoms with Crippen molar-refractivity contribution >= 4 is 17.0 Å². The lowest BCUT2D eigenvalue weighted by Crippen LogP contribution is -2.31. The van der Waals surface area contributed by atoms with Crippen LogP contribution in [0.5, 0.6) is 5.75 Å². The first kappa shape index (κ1) is 17.6. The Kier molecular flexibility index (Phi) is 4.97. The van der Waals surface area contributed by atoms with Gasteiger partial charge in [-0.2, -0.15) is 0 Å². The minimum atomic E-state index is -0.615. The van der Waals surface area contributed by atoms with Crippen LogP contribution in [-0.2, 0) is 13.0 Å². The standard InChI is InChI=1S/C19H19N3O4/c1-3-9-22-16-15(17(23)21-19(22)25)10-13(11-20-16)18(24)26-14-7-5-12(4-2)6-8-14/h5-8,10-11H,3-4,9H2,1-2H3,(H,21,23,25). The van der Waals surface area contributed by atoms with Crippen LogP contribution in [0.3, 0.4) is 0 Å². The average Bonchev–Trinajstić information content (AvgIpc) is 2.65. The molecule has 0 bridgehead atoms. The number of hydrogen-bond donors (Lipinski definition) is 1. The zero-order valence-electron chi connectivity index (χ0n) is 14.6. The third-order valence-electron chi connectivity index (χ3n) is 4.06. The number of pyridine rings is 1. The predicted molar refractivity (Wildman–Crippen MR) is 97.7 cm³/mol. The molecule has 0 unspecified atom stereocenters. The fraction of sp³-hybridized carbons (Fsp3) is 0.263. The summed E-state index contributed by atoms with van der Waals surface area (Å²) < 4.78 is 6.71. The first-order valence-electron chi connectivity index (χ1n) is 8.47. The van der Waals surface area contributed by atoms with Crippen molar-refractivity contribution in [3.8, 4) is 5.75 Å². The average molecular weight is 353 g/mol. The largest absolute Gasteiger partial charge is 0.423 e. The van der Waals surface area contributed by atoms with E-state index in [2.05, 4.69) is 9.97 Å². The molecule has 26 heavy (non-hydrogen) atoms. The molecule has 0 fully saturated rings. The Balaban J connectivity index is 1.96. The number of nitrogens with one attached hydrogen (secondary N) is 1. The van der Waals surface area contributed by atoms with Crippen LogP contribution in [0.4, 0.5) is 0 Å². The van der Waals surface area contributed by atoms with E-state index < -0.39 is 17.2 Å². The molecular weight excluding hydrogens is 334 g/mol. The summed E-state index contributed by atoms with van der Waals surface area (Å²) >= 11 is 0. The molecule has 1 aromatic carbocycles. The van der Waals surface area contributed by atoms with Gasteiger partial charge < -0.3 is 4.74 Å². The van der Waals surface area contributed by atoms with Gasteiger partial charge in [-0.25, -0.2) is 14.6 Å². The summed E-state index contributed by atoms with van der Waals surface area (Å²) in [4.78, 5) is 42.8. The highest BCUT2D eigenvalue weighted by molar-refractivity contribution is 5.94. The molecule has 3 aromatic rings. The molecule has 2 heterocycles. The van der Waals surface area contributed by atoms with Crippen LogP contribution < -0.4 is 16.0 Å². The zero-order chi connectivity index (χ0) is 18.7. The van der Waals surface area contributed by atoms with Crippen LogP contribution in [0.2, 0.25) is 0 Å². The second-order valence-corrected chi connectivity index (χ2v) is 5.89. The third-order valence-corrected chi connectivity index (χ3v) is 4.06. The summed E-state index contributed by atoms with van der Waals surface area (Å²) in [6.07, 6.45) is 2.92. The monoisotopic (exact) mass is 353 g/mol. The number of aromatic amines is 1. The summed E-state index contributed by atoms with van der Waals surface area (Å²) in [5.41, 5.74) is 0.446. The predicted octanol–water partition coefficient (Wildman–Crippen LogP) is 2.28. The van der Waals surface area contributed by atoms with Crippen LogP contribution in [0, 0.1) is 0 Å². The topological polar surface area (TPSA) is 94.1 Å². The van der Waals surface area contributed by atoms with Crippen LogP contribution in [0.15, 0.2) is 46.1 Å². The van der Waals surface area contributed by atoms with Crippen molar-refractivity contribution in [3.05, 3.63) is 68.5 Å². The van der Waals surface area contributed by atoms with Crippen molar-refractivity contribution in [1.29, 1.82) is 0 Å². The summed E-state index contributed by atoms with van der Waals surface area (Å²) in [5, 5.41) is 0.175. The van der Waals surface area contributed by atoms with E-state index >= 15 is 0 Å². The Morgan fingerprint density at radius 2 is 1.92 bits per heavy atom. The second kappa shape index (κ2) is 7.35. The molecule has 2 aromatic heterocycles. The van der Waals surface area contributed by atoms with Gasteiger partial charge >= 0.3 is 11.7 Å². The maximum absolute atomic E-state index is 12.4. The molecule has 0 spiro atoms. The van der Waals surface area contributed by atoms with E-state index in [1.807, 2.05) is 26.0 Å². The maximum atomic E-state index is 12.4. The first-order chi connectivity index (χ1) is 12.5. The van der Waals surface area contributed by atoms with E-state index in [0.29, 0.717) is 18.7 Å². The van der Waals surface area contributed by atoms with Crippen molar-refractivity contribution in [2.45, 2.75) is 33.2 Å². The van der Waals surface area contributed by atoms with Crippen molar-refractivity contribution in [2.24, 2.45) is 0 Å². The molecule has 0 saturated heterocycles. The molecule has 3 rings (SSSR count). The molecule has 0 aliphatic heterocycles. The van der Waals surface area contributed by atoms with Gasteiger partial charge in [-0.1, -0.05) is 26.0 Å². The van der Waals surface area contributed by atoms with Gasteiger partial charge in [0, 0.05) is 12.7 Å². The van der Waals surface area contributed by atoms with Crippen molar-refractivity contribution < 1.29 is 9.53 Å². The van der Waals surface area contributed by atoms with Gasteiger partial charge in [-0.15, -0.1) is 0 Å². The summed E-state index contributed by atoms with van der Waals surface area (Å²) in [7, 11) is 0. The SMILES string of the molecule is CCCn1c(=O)[nH]c(=O)c2cc(C(=O)Oc3ccc(CC)cc3)cnc21. The first-order valence-corrected chi connectivity index (χ1v) is 8.47. The van der Waals surface area contributed by atoms with Gasteiger partial charge in [0.2, 0.25) is 0 Å². The van der Waals surface area contributed by atoms with E-state index in [-0.39, 0.29) is 16.6 Å². The second-order valence-electron chi connectivity index (χ2n) is 5.89. The molecule has 0 radical (unpaired) electrons. The number of carbonyl (C=O) groups excluding carboxylic acids is 1. The molecule has 0 amide bonds. The Morgan fingerprint density at radius 1 is 1.19 bits per heavy atom. The molecule has 0 saturated carbocycles. The van der Waals surface area contributed by atoms with Gasteiger partial charge in [0.1, 0.15) is 11.4 Å². The maximum Gasteiger partial charge on any atom is 0.345 e. The highest BCUT2D eigenvalue weighted by atomic mass is 16.5. The Bertz CT molecular complexity index is 1060. The number of nitrogens with zero attached hydrogens (tertiary/aromatic N) is 2. The highest BCUT2D eigenvalue weighted by Crippen LogP contribution is 2.15. The van der Waals surface area contributed by atoms with Crippen molar-refractivity contribution in [3.63, 3.8) is 0 Å². The lowest BCUT2D eigenvalue weighted by Gasteiger charge is -2.09. The number of esters is 1. The molecule has 7 heteroatoms. The molecule has 0 aliphatic carbocycles. The fourth-order valence-electron chi connectivity index (χ4n) is 2.67. The van der Waals surface area contributed by atoms with Crippen LogP contribution in [0.1, 0.15) is 36.2 Å². The van der Waals surface area contributed by atoms with Gasteiger partial charge in [-0.05, 0) is 36.6 Å². The number of H-pyrrole nitrogens is 1. The molecular formula is C19H19N3O4. The molecule has 7 nitrogen and oxygen atoms in total. The van der Waals surface area contributed by atoms with E-state index in [1.165, 1.54) is 16.8 Å². The lowest BCUT2D eigenvalue weighted by atomic mass is 10.2. The van der Waals surface area contributed by atoms with Crippen LogP contribution in [0.25, 0.3) is 11.0 Å². The van der Waals surface area contributed by atoms with Gasteiger partial charge in [0.05, 0.1) is 10.9 Å². The van der Waals surface area contributed by atoms with Crippen LogP contribution >= 0.6 is 0 Å². The number of fused-ring (bicyclic) bond motifs is 1. The fourth-order valence-corrected chi connectivity index (χ4v) is 2.67. The summed E-state index contributed by atoms with van der Waals surface area (Å²) in [6.45, 7) is 4.38. The Labute approximate surface area is 149 Å². The van der Waals surface area contributed by atoms with E-state index in [4.69, 9.17) is 4.74 Å². The molecule has 0 atom stereocenters. The van der Waals surface area contributed by atoms with Crippen molar-refractivity contribution in [1.82, 2.24) is 14.5 Å². The van der Waals surface area contributed by atoms with Gasteiger partial charge in [-0.3, -0.25) is 14.3 Å². The Hall–Kier alpha value is -3.22. The molecule has 0 aliphatic rings. The third kappa shape index (κ3) is 3.42. The number of carbonyl (C=O) groups is 1. The normalized spacial score (nSPS) is 10.8. The minimum absolute atomic E-state index is 0.143. The van der Waals surface area contributed by atoms with Crippen LogP contribution in [-0.4, -0.2) is 20.5 Å². The number of benzene rings is 1. The minimum Gasteiger partial charge on any atom is -0.423 e. The molecule has 134 valence electrons. The number of hydrogen-bond acceptors (Lipinski definition) is 5. The lowest BCUT2D eigenvalue weighted by molar-refractivity contribution is 0.0734. The smallest absolute Gasteiger partial charge is 0.345 e. The zero-order valence-corrected chi connectivity index (χ0v) is 14.6. The van der Waals surface area contributed by atoms with Crippen molar-refractivity contribution in [2.75, 3.05) is 0 Å². The number of aromatic nitrogens is 3. The van der Waals surface area contributed by atoms with E-state index in [9.17, 15) is 14.4 Å². The number of aryl methyl sites for hydroxylation is 2. The quantitative estimate of drug-likeness (QED) is 0.561. The summed E-state index contributed by atoms with van der Waals surface area (Å²) in [6, 6.07) is 8.61. The molecule has 1 N–H and O–H groups in total. The highest BCUT2D eigenvalue weighted by Gasteiger charge is 2.14. The van der Waals surface area contributed by atoms with E-state index in [1.54, 1.807) is 12.1 Å². The Morgan fingerprint density at radius 3 is 2.58 bits per heavy atom. The van der Waals surface area contributed by atoms with E-state index in [0.717, 1.165) is 12.0 Å². The number of rotatable bonds is 5. The van der Waals surface area contributed by atoms with Gasteiger partial charge in [0.15, 0.2) is 0 Å². The summed E-state index contributed by atoms with van der Waals surface area (Å²) in [5.74, 6) is -0.201.